The van der Waals surface area contributed by atoms with E-state index in [1.807, 2.05) is 14.1 Å². The van der Waals surface area contributed by atoms with E-state index in [1.54, 1.807) is 0 Å². The van der Waals surface area contributed by atoms with Gasteiger partial charge in [-0.3, -0.25) is 4.79 Å². The topological polar surface area (TPSA) is 66.6 Å². The molecule has 0 aliphatic heterocycles. The molecule has 1 saturated carbocycles. The van der Waals surface area contributed by atoms with Gasteiger partial charge in [0.05, 0.1) is 7.85 Å². The van der Waals surface area contributed by atoms with Gasteiger partial charge in [0.2, 0.25) is 0 Å². The number of aliphatic carboxylic acids is 1. The van der Waals surface area contributed by atoms with E-state index in [9.17, 15) is 9.90 Å². The maximum Gasteiger partial charge on any atom is 0.324 e. The monoisotopic (exact) mass is 224 g/mol. The minimum atomic E-state index is -1.07. The molecule has 3 atom stereocenters. The molecular weight excluding hydrogens is 203 g/mol. The molecule has 2 radical (unpaired) electrons. The van der Waals surface area contributed by atoms with Crippen molar-refractivity contribution in [3.05, 3.63) is 0 Å². The Kier molecular flexibility index (Phi) is 4.39. The van der Waals surface area contributed by atoms with Crippen LogP contribution in [-0.2, 0) is 4.79 Å². The van der Waals surface area contributed by atoms with Crippen LogP contribution in [0.1, 0.15) is 25.7 Å². The molecule has 1 aliphatic rings. The van der Waals surface area contributed by atoms with Gasteiger partial charge >= 0.3 is 5.97 Å². The van der Waals surface area contributed by atoms with E-state index in [1.165, 1.54) is 0 Å². The summed E-state index contributed by atoms with van der Waals surface area (Å²) in [7, 11) is 9.41. The number of hydrogen-bond donors (Lipinski definition) is 2. The lowest BCUT2D eigenvalue weighted by Gasteiger charge is -2.26. The SMILES string of the molecule is [B]CCC[C@H]1C[C@H](N(C)C)C[C@@]1(N)C(=O)O. The van der Waals surface area contributed by atoms with Gasteiger partial charge in [0.15, 0.2) is 0 Å². The van der Waals surface area contributed by atoms with E-state index >= 15 is 0 Å². The quantitative estimate of drug-likeness (QED) is 0.666. The zero-order valence-electron chi connectivity index (χ0n) is 10.1. The minimum absolute atomic E-state index is 0.0425. The molecule has 0 amide bonds. The Morgan fingerprint density at radius 1 is 1.62 bits per heavy atom. The smallest absolute Gasteiger partial charge is 0.324 e. The molecule has 4 nitrogen and oxygen atoms in total. The van der Waals surface area contributed by atoms with Gasteiger partial charge in [-0.25, -0.2) is 0 Å². The first kappa shape index (κ1) is 13.5. The zero-order chi connectivity index (χ0) is 12.3. The highest BCUT2D eigenvalue weighted by Crippen LogP contribution is 2.39. The first-order valence-electron chi connectivity index (χ1n) is 5.80. The summed E-state index contributed by atoms with van der Waals surface area (Å²) in [5.74, 6) is -0.833. The van der Waals surface area contributed by atoms with Crippen molar-refractivity contribution in [2.24, 2.45) is 11.7 Å². The Bertz CT molecular complexity index is 260. The summed E-state index contributed by atoms with van der Waals surface area (Å²) in [6.07, 6.45) is 3.64. The molecule has 1 rings (SSSR count). The maximum atomic E-state index is 11.3. The highest BCUT2D eigenvalue weighted by Gasteiger charge is 2.50. The molecule has 0 aromatic carbocycles. The Labute approximate surface area is 98.6 Å². The molecule has 1 fully saturated rings. The van der Waals surface area contributed by atoms with E-state index < -0.39 is 11.5 Å². The van der Waals surface area contributed by atoms with Gasteiger partial charge in [-0.05, 0) is 39.3 Å². The number of hydrogen-bond acceptors (Lipinski definition) is 3. The predicted octanol–water partition coefficient (Wildman–Crippen LogP) is 0.476. The molecule has 0 saturated heterocycles. The lowest BCUT2D eigenvalue weighted by atomic mass is 9.83. The predicted molar refractivity (Wildman–Crippen MR) is 64.5 cm³/mol. The minimum Gasteiger partial charge on any atom is -0.480 e. The molecule has 0 aromatic heterocycles. The van der Waals surface area contributed by atoms with Crippen molar-refractivity contribution < 1.29 is 9.90 Å². The van der Waals surface area contributed by atoms with Gasteiger partial charge < -0.3 is 15.7 Å². The summed E-state index contributed by atoms with van der Waals surface area (Å²) in [6.45, 7) is 0. The summed E-state index contributed by atoms with van der Waals surface area (Å²) in [4.78, 5) is 13.4. The van der Waals surface area contributed by atoms with E-state index in [0.29, 0.717) is 12.7 Å². The van der Waals surface area contributed by atoms with Crippen molar-refractivity contribution in [2.75, 3.05) is 14.1 Å². The summed E-state index contributed by atoms with van der Waals surface area (Å²) < 4.78 is 0. The highest BCUT2D eigenvalue weighted by atomic mass is 16.4. The molecular formula is C11H21BN2O2. The third-order valence-electron chi connectivity index (χ3n) is 3.74. The first-order valence-corrected chi connectivity index (χ1v) is 5.80. The summed E-state index contributed by atoms with van der Waals surface area (Å²) in [5, 5.41) is 9.27. The third-order valence-corrected chi connectivity index (χ3v) is 3.74. The average molecular weight is 224 g/mol. The number of carboxylic acid groups (broad SMARTS) is 1. The zero-order valence-corrected chi connectivity index (χ0v) is 10.1. The van der Waals surface area contributed by atoms with Gasteiger partial charge in [-0.15, -0.1) is 0 Å². The van der Waals surface area contributed by atoms with Crippen molar-refractivity contribution in [2.45, 2.75) is 43.6 Å². The number of nitrogens with two attached hydrogens (primary N) is 1. The van der Waals surface area contributed by atoms with Gasteiger partial charge in [0, 0.05) is 6.04 Å². The normalized spacial score (nSPS) is 34.5. The van der Waals surface area contributed by atoms with Crippen LogP contribution in [0.3, 0.4) is 0 Å². The molecule has 0 aromatic rings. The van der Waals surface area contributed by atoms with Crippen molar-refractivity contribution in [1.29, 1.82) is 0 Å². The fourth-order valence-electron chi connectivity index (χ4n) is 2.57. The van der Waals surface area contributed by atoms with Crippen LogP contribution >= 0.6 is 0 Å². The fraction of sp³-hybridized carbons (Fsp3) is 0.909. The van der Waals surface area contributed by atoms with Crippen molar-refractivity contribution >= 4 is 13.8 Å². The molecule has 5 heteroatoms. The standard InChI is InChI=1S/C11H21BN2O2/c1-14(2)9-6-8(4-3-5-12)11(13,7-9)10(15)16/h8-9H,3-7,13H2,1-2H3,(H,15,16)/t8-,9-,11-/m0/s1. The van der Waals surface area contributed by atoms with Crippen LogP contribution in [0.15, 0.2) is 0 Å². The van der Waals surface area contributed by atoms with Crippen LogP contribution in [0, 0.1) is 5.92 Å². The lowest BCUT2D eigenvalue weighted by molar-refractivity contribution is -0.145. The van der Waals surface area contributed by atoms with E-state index in [0.717, 1.165) is 19.3 Å². The number of nitrogens with zero attached hydrogens (tertiary/aromatic N) is 1. The number of carbonyl (C=O) groups is 1. The summed E-state index contributed by atoms with van der Waals surface area (Å²) >= 11 is 0. The van der Waals surface area contributed by atoms with Gasteiger partial charge in [0.1, 0.15) is 5.54 Å². The van der Waals surface area contributed by atoms with Gasteiger partial charge in [-0.1, -0.05) is 12.7 Å². The Morgan fingerprint density at radius 2 is 2.25 bits per heavy atom. The summed E-state index contributed by atoms with van der Waals surface area (Å²) in [6, 6.07) is 0.267. The lowest BCUT2D eigenvalue weighted by Crippen LogP contribution is -2.51. The van der Waals surface area contributed by atoms with Crippen molar-refractivity contribution in [3.8, 4) is 0 Å². The average Bonchev–Trinajstić information content (AvgIpc) is 2.54. The fourth-order valence-corrected chi connectivity index (χ4v) is 2.57. The molecule has 90 valence electrons. The molecule has 3 N–H and O–H groups in total. The van der Waals surface area contributed by atoms with E-state index in [4.69, 9.17) is 13.6 Å². The van der Waals surface area contributed by atoms with Crippen LogP contribution < -0.4 is 5.73 Å². The van der Waals surface area contributed by atoms with Crippen LogP contribution in [0.2, 0.25) is 6.32 Å². The maximum absolute atomic E-state index is 11.3. The molecule has 0 heterocycles. The van der Waals surface area contributed by atoms with E-state index in [2.05, 4.69) is 4.90 Å². The number of carboxylic acids is 1. The Morgan fingerprint density at radius 3 is 2.69 bits per heavy atom. The molecule has 0 bridgehead atoms. The Balaban J connectivity index is 2.75. The van der Waals surface area contributed by atoms with Gasteiger partial charge in [0.25, 0.3) is 0 Å². The first-order chi connectivity index (χ1) is 7.41. The second-order valence-electron chi connectivity index (χ2n) is 5.03. The van der Waals surface area contributed by atoms with Crippen LogP contribution in [0.5, 0.6) is 0 Å². The molecule has 0 spiro atoms. The highest BCUT2D eigenvalue weighted by molar-refractivity contribution is 6.08. The van der Waals surface area contributed by atoms with Crippen molar-refractivity contribution in [3.63, 3.8) is 0 Å². The van der Waals surface area contributed by atoms with E-state index in [-0.39, 0.29) is 12.0 Å². The van der Waals surface area contributed by atoms with Crippen LogP contribution in [0.4, 0.5) is 0 Å². The second kappa shape index (κ2) is 5.19. The largest absolute Gasteiger partial charge is 0.480 e. The molecule has 0 unspecified atom stereocenters. The summed E-state index contributed by atoms with van der Waals surface area (Å²) in [5.41, 5.74) is 4.98. The third kappa shape index (κ3) is 2.58. The van der Waals surface area contributed by atoms with Gasteiger partial charge in [-0.2, -0.15) is 0 Å². The molecule has 16 heavy (non-hydrogen) atoms. The number of rotatable bonds is 5. The second-order valence-corrected chi connectivity index (χ2v) is 5.03. The molecule has 1 aliphatic carbocycles. The van der Waals surface area contributed by atoms with Crippen LogP contribution in [0.25, 0.3) is 0 Å². The van der Waals surface area contributed by atoms with Crippen molar-refractivity contribution in [1.82, 2.24) is 4.90 Å². The Hall–Kier alpha value is -0.545. The van der Waals surface area contributed by atoms with Crippen LogP contribution in [-0.4, -0.2) is 49.5 Å².